The van der Waals surface area contributed by atoms with Crippen molar-refractivity contribution < 1.29 is 0 Å². The van der Waals surface area contributed by atoms with Gasteiger partial charge in [0.05, 0.1) is 5.52 Å². The van der Waals surface area contributed by atoms with Gasteiger partial charge in [-0.25, -0.2) is 4.98 Å². The van der Waals surface area contributed by atoms with Crippen molar-refractivity contribution in [3.8, 4) is 5.95 Å². The van der Waals surface area contributed by atoms with E-state index in [4.69, 9.17) is 4.98 Å². The number of para-hydroxylation sites is 1. The van der Waals surface area contributed by atoms with Gasteiger partial charge in [0.15, 0.2) is 5.65 Å². The van der Waals surface area contributed by atoms with Crippen molar-refractivity contribution in [2.24, 2.45) is 0 Å². The van der Waals surface area contributed by atoms with Gasteiger partial charge >= 0.3 is 0 Å². The maximum atomic E-state index is 4.76. The van der Waals surface area contributed by atoms with Gasteiger partial charge in [-0.2, -0.15) is 14.2 Å². The molecule has 0 unspecified atom stereocenters. The quantitative estimate of drug-likeness (QED) is 0.546. The first-order valence-corrected chi connectivity index (χ1v) is 6.79. The molecule has 1 saturated carbocycles. The van der Waals surface area contributed by atoms with Crippen molar-refractivity contribution >= 4 is 16.6 Å². The third-order valence-electron chi connectivity index (χ3n) is 3.69. The molecule has 1 aliphatic carbocycles. The molecule has 1 aromatic carbocycles. The normalized spacial score (nSPS) is 15.0. The van der Waals surface area contributed by atoms with Gasteiger partial charge in [0.2, 0.25) is 0 Å². The lowest BCUT2D eigenvalue weighted by Gasteiger charge is -2.04. The molecular weight excluding hydrogens is 268 g/mol. The third kappa shape index (κ3) is 1.55. The highest BCUT2D eigenvalue weighted by molar-refractivity contribution is 5.91. The Balaban J connectivity index is 1.89. The van der Waals surface area contributed by atoms with E-state index in [0.717, 1.165) is 35.2 Å². The van der Waals surface area contributed by atoms with Crippen molar-refractivity contribution in [3.05, 3.63) is 36.4 Å². The highest BCUT2D eigenvalue weighted by Gasteiger charge is 2.29. The zero-order chi connectivity index (χ0) is 13.8. The molecule has 21 heavy (non-hydrogen) atoms. The van der Waals surface area contributed by atoms with Crippen molar-refractivity contribution in [3.63, 3.8) is 0 Å². The van der Waals surface area contributed by atoms with Gasteiger partial charge in [-0.05, 0) is 35.4 Å². The van der Waals surface area contributed by atoms with Crippen LogP contribution in [-0.4, -0.2) is 39.8 Å². The summed E-state index contributed by atoms with van der Waals surface area (Å²) >= 11 is 0. The van der Waals surface area contributed by atoms with E-state index in [1.54, 1.807) is 0 Å². The molecule has 0 aliphatic heterocycles. The van der Waals surface area contributed by atoms with Crippen LogP contribution < -0.4 is 0 Å². The lowest BCUT2D eigenvalue weighted by molar-refractivity contribution is 0.731. The van der Waals surface area contributed by atoms with Crippen molar-refractivity contribution in [1.82, 2.24) is 39.8 Å². The van der Waals surface area contributed by atoms with E-state index in [2.05, 4.69) is 25.6 Å². The SMILES string of the molecule is c1ccc2c(c1)nc(C1CC1)n1nc(-n3cnnn3)nc21. The lowest BCUT2D eigenvalue weighted by Crippen LogP contribution is -2.03. The van der Waals surface area contributed by atoms with E-state index in [1.807, 2.05) is 28.8 Å². The van der Waals surface area contributed by atoms with Crippen LogP contribution in [0.3, 0.4) is 0 Å². The second-order valence-corrected chi connectivity index (χ2v) is 5.16. The first-order chi connectivity index (χ1) is 10.4. The monoisotopic (exact) mass is 278 g/mol. The van der Waals surface area contributed by atoms with Gasteiger partial charge in [-0.1, -0.05) is 12.1 Å². The Hall–Kier alpha value is -2.90. The summed E-state index contributed by atoms with van der Waals surface area (Å²) in [5.74, 6) is 1.90. The number of rotatable bonds is 2. The Labute approximate surface area is 118 Å². The van der Waals surface area contributed by atoms with Crippen LogP contribution >= 0.6 is 0 Å². The predicted molar refractivity (Wildman–Crippen MR) is 73.0 cm³/mol. The van der Waals surface area contributed by atoms with Crippen LogP contribution in [0.25, 0.3) is 22.5 Å². The highest BCUT2D eigenvalue weighted by atomic mass is 15.6. The molecule has 0 radical (unpaired) electrons. The summed E-state index contributed by atoms with van der Waals surface area (Å²) in [6.07, 6.45) is 3.79. The van der Waals surface area contributed by atoms with Crippen LogP contribution in [0.15, 0.2) is 30.6 Å². The number of hydrogen-bond acceptors (Lipinski definition) is 6. The number of aromatic nitrogens is 8. The molecule has 0 spiro atoms. The number of fused-ring (bicyclic) bond motifs is 3. The Morgan fingerprint density at radius 1 is 1.10 bits per heavy atom. The molecule has 1 fully saturated rings. The molecule has 3 heterocycles. The number of nitrogens with zero attached hydrogens (tertiary/aromatic N) is 8. The second-order valence-electron chi connectivity index (χ2n) is 5.16. The molecule has 3 aromatic heterocycles. The van der Waals surface area contributed by atoms with Crippen LogP contribution in [0, 0.1) is 0 Å². The molecule has 0 atom stereocenters. The fourth-order valence-corrected chi connectivity index (χ4v) is 2.52. The van der Waals surface area contributed by atoms with Crippen LogP contribution in [-0.2, 0) is 0 Å². The third-order valence-corrected chi connectivity index (χ3v) is 3.69. The summed E-state index contributed by atoms with van der Waals surface area (Å²) in [6.45, 7) is 0. The fraction of sp³-hybridized carbons (Fsp3) is 0.231. The summed E-state index contributed by atoms with van der Waals surface area (Å²) in [4.78, 5) is 9.35. The molecule has 8 heteroatoms. The van der Waals surface area contributed by atoms with Gasteiger partial charge in [0, 0.05) is 11.3 Å². The first-order valence-electron chi connectivity index (χ1n) is 6.79. The molecular formula is C13H10N8. The van der Waals surface area contributed by atoms with Crippen LogP contribution in [0.4, 0.5) is 0 Å². The molecule has 0 saturated heterocycles. The molecule has 1 aliphatic rings. The van der Waals surface area contributed by atoms with Crippen molar-refractivity contribution in [2.75, 3.05) is 0 Å². The summed E-state index contributed by atoms with van der Waals surface area (Å²) in [5, 5.41) is 16.6. The van der Waals surface area contributed by atoms with Crippen LogP contribution in [0.5, 0.6) is 0 Å². The molecule has 0 amide bonds. The van der Waals surface area contributed by atoms with E-state index in [9.17, 15) is 0 Å². The van der Waals surface area contributed by atoms with Gasteiger partial charge in [-0.15, -0.1) is 10.2 Å². The maximum Gasteiger partial charge on any atom is 0.273 e. The van der Waals surface area contributed by atoms with E-state index < -0.39 is 0 Å². The highest BCUT2D eigenvalue weighted by Crippen LogP contribution is 2.39. The minimum Gasteiger partial charge on any atom is -0.232 e. The smallest absolute Gasteiger partial charge is 0.232 e. The minimum atomic E-state index is 0.458. The van der Waals surface area contributed by atoms with Gasteiger partial charge in [0.1, 0.15) is 12.2 Å². The Morgan fingerprint density at radius 3 is 2.81 bits per heavy atom. The van der Waals surface area contributed by atoms with E-state index in [1.165, 1.54) is 11.0 Å². The number of benzene rings is 1. The average Bonchev–Trinajstić information content (AvgIpc) is 3.03. The van der Waals surface area contributed by atoms with E-state index in [0.29, 0.717) is 11.9 Å². The lowest BCUT2D eigenvalue weighted by atomic mass is 10.2. The molecule has 0 bridgehead atoms. The average molecular weight is 278 g/mol. The summed E-state index contributed by atoms with van der Waals surface area (Å²) < 4.78 is 3.29. The standard InChI is InChI=1S/C13H10N8/c1-2-4-10-9(3-1)12-16-13(20-7-14-18-19-20)17-21(12)11(15-10)8-5-6-8/h1-4,7-8H,5-6H2. The molecule has 8 nitrogen and oxygen atoms in total. The topological polar surface area (TPSA) is 86.7 Å². The van der Waals surface area contributed by atoms with Gasteiger partial charge in [0.25, 0.3) is 5.95 Å². The predicted octanol–water partition coefficient (Wildman–Crippen LogP) is 1.13. The Bertz CT molecular complexity index is 951. The molecule has 0 N–H and O–H groups in total. The first kappa shape index (κ1) is 10.8. The van der Waals surface area contributed by atoms with Crippen LogP contribution in [0.2, 0.25) is 0 Å². The van der Waals surface area contributed by atoms with Crippen LogP contribution in [0.1, 0.15) is 24.6 Å². The van der Waals surface area contributed by atoms with E-state index in [-0.39, 0.29) is 0 Å². The molecule has 4 aromatic rings. The van der Waals surface area contributed by atoms with Gasteiger partial charge in [-0.3, -0.25) is 0 Å². The summed E-state index contributed by atoms with van der Waals surface area (Å²) in [6, 6.07) is 7.98. The van der Waals surface area contributed by atoms with Crippen molar-refractivity contribution in [1.29, 1.82) is 0 Å². The summed E-state index contributed by atoms with van der Waals surface area (Å²) in [7, 11) is 0. The zero-order valence-corrected chi connectivity index (χ0v) is 11.0. The Kier molecular flexibility index (Phi) is 1.97. The minimum absolute atomic E-state index is 0.458. The molecule has 5 rings (SSSR count). The van der Waals surface area contributed by atoms with Crippen molar-refractivity contribution in [2.45, 2.75) is 18.8 Å². The number of tetrazole rings is 1. The largest absolute Gasteiger partial charge is 0.273 e. The zero-order valence-electron chi connectivity index (χ0n) is 11.0. The summed E-state index contributed by atoms with van der Waals surface area (Å²) in [5.41, 5.74) is 1.75. The van der Waals surface area contributed by atoms with E-state index >= 15 is 0 Å². The Morgan fingerprint density at radius 2 is 2.00 bits per heavy atom. The second kappa shape index (κ2) is 3.81. The maximum absolute atomic E-state index is 4.76. The number of hydrogen-bond donors (Lipinski definition) is 0. The fourth-order valence-electron chi connectivity index (χ4n) is 2.52. The van der Waals surface area contributed by atoms with Gasteiger partial charge < -0.3 is 0 Å². The molecule has 102 valence electrons.